The molecular weight excluding hydrogens is 375 g/mol. The van der Waals surface area contributed by atoms with E-state index >= 15 is 0 Å². The summed E-state index contributed by atoms with van der Waals surface area (Å²) in [6, 6.07) is 8.44. The highest BCUT2D eigenvalue weighted by molar-refractivity contribution is 6.34. The highest BCUT2D eigenvalue weighted by atomic mass is 16.3. The van der Waals surface area contributed by atoms with Gasteiger partial charge >= 0.3 is 0 Å². The zero-order valence-corrected chi connectivity index (χ0v) is 19.0. The lowest BCUT2D eigenvalue weighted by molar-refractivity contribution is 0.0284. The fourth-order valence-electron chi connectivity index (χ4n) is 3.83. The molecule has 2 aromatic carbocycles. The maximum absolute atomic E-state index is 13.5. The summed E-state index contributed by atoms with van der Waals surface area (Å²) in [5.74, 6) is -0.866. The third kappa shape index (κ3) is 5.04. The summed E-state index contributed by atoms with van der Waals surface area (Å²) in [4.78, 5) is 26.6. The first kappa shape index (κ1) is 23.5. The standard InChI is InChI=1S/C24H31BN2O3/c1-8-20(24(5,6)7)27(23(30)17-12-14(2)11-15(3)13-17)26-22(29)18-9-10-19(25)21(28)16(18)4/h9-13,20,28H,8H2,1-7H3,(H,26,29)/t20-/m1/s1. The van der Waals surface area contributed by atoms with Crippen molar-refractivity contribution in [2.45, 2.75) is 60.9 Å². The van der Waals surface area contributed by atoms with Crippen LogP contribution in [-0.2, 0) is 0 Å². The van der Waals surface area contributed by atoms with Crippen LogP contribution in [0.4, 0.5) is 0 Å². The maximum atomic E-state index is 13.5. The van der Waals surface area contributed by atoms with Crippen molar-refractivity contribution in [3.05, 3.63) is 58.1 Å². The number of benzene rings is 2. The number of amides is 2. The number of carbonyl (C=O) groups is 2. The van der Waals surface area contributed by atoms with Gasteiger partial charge in [0.2, 0.25) is 0 Å². The van der Waals surface area contributed by atoms with Crippen molar-refractivity contribution in [3.8, 4) is 5.75 Å². The molecule has 0 aromatic heterocycles. The van der Waals surface area contributed by atoms with Crippen molar-refractivity contribution in [3.63, 3.8) is 0 Å². The molecule has 2 radical (unpaired) electrons. The summed E-state index contributed by atoms with van der Waals surface area (Å²) >= 11 is 0. The average Bonchev–Trinajstić information content (AvgIpc) is 2.63. The summed E-state index contributed by atoms with van der Waals surface area (Å²) in [6.45, 7) is 13.6. The van der Waals surface area contributed by atoms with Crippen LogP contribution in [0.3, 0.4) is 0 Å². The molecule has 0 aliphatic carbocycles. The first-order valence-corrected chi connectivity index (χ1v) is 10.2. The topological polar surface area (TPSA) is 69.6 Å². The van der Waals surface area contributed by atoms with E-state index in [9.17, 15) is 14.7 Å². The van der Waals surface area contributed by atoms with Gasteiger partial charge in [-0.1, -0.05) is 56.4 Å². The molecule has 158 valence electrons. The van der Waals surface area contributed by atoms with Crippen molar-refractivity contribution in [2.24, 2.45) is 5.41 Å². The summed E-state index contributed by atoms with van der Waals surface area (Å²) in [6.07, 6.45) is 0.659. The van der Waals surface area contributed by atoms with Crippen LogP contribution < -0.4 is 10.9 Å². The Hall–Kier alpha value is -2.76. The van der Waals surface area contributed by atoms with Crippen molar-refractivity contribution >= 4 is 25.1 Å². The molecule has 0 heterocycles. The Morgan fingerprint density at radius 2 is 1.67 bits per heavy atom. The van der Waals surface area contributed by atoms with E-state index in [2.05, 4.69) is 5.43 Å². The fraction of sp³-hybridized carbons (Fsp3) is 0.417. The maximum Gasteiger partial charge on any atom is 0.272 e. The van der Waals surface area contributed by atoms with Gasteiger partial charge < -0.3 is 5.11 Å². The minimum absolute atomic E-state index is 0.127. The highest BCUT2D eigenvalue weighted by Gasteiger charge is 2.34. The second kappa shape index (κ2) is 8.94. The van der Waals surface area contributed by atoms with Gasteiger partial charge in [-0.05, 0) is 50.8 Å². The normalized spacial score (nSPS) is 12.4. The highest BCUT2D eigenvalue weighted by Crippen LogP contribution is 2.28. The van der Waals surface area contributed by atoms with Crippen LogP contribution >= 0.6 is 0 Å². The Labute approximate surface area is 180 Å². The molecule has 2 aromatic rings. The van der Waals surface area contributed by atoms with Gasteiger partial charge in [0.1, 0.15) is 13.6 Å². The smallest absolute Gasteiger partial charge is 0.272 e. The number of nitrogens with zero attached hydrogens (tertiary/aromatic N) is 1. The van der Waals surface area contributed by atoms with E-state index < -0.39 is 5.91 Å². The Morgan fingerprint density at radius 3 is 2.17 bits per heavy atom. The quantitative estimate of drug-likeness (QED) is 0.601. The first-order chi connectivity index (χ1) is 13.9. The van der Waals surface area contributed by atoms with Crippen LogP contribution in [0.15, 0.2) is 30.3 Å². The molecule has 2 amide bonds. The van der Waals surface area contributed by atoms with Gasteiger partial charge in [-0.2, -0.15) is 0 Å². The van der Waals surface area contributed by atoms with Crippen LogP contribution in [-0.4, -0.2) is 35.8 Å². The number of hydrogen-bond donors (Lipinski definition) is 2. The molecule has 0 bridgehead atoms. The monoisotopic (exact) mass is 406 g/mol. The van der Waals surface area contributed by atoms with Crippen LogP contribution in [0.25, 0.3) is 0 Å². The Bertz CT molecular complexity index is 943. The molecular formula is C24H31BN2O3. The molecule has 1 atom stereocenters. The molecule has 0 saturated carbocycles. The van der Waals surface area contributed by atoms with E-state index in [1.165, 1.54) is 11.1 Å². The van der Waals surface area contributed by atoms with Gasteiger partial charge in [0.05, 0.1) is 6.04 Å². The second-order valence-electron chi connectivity index (χ2n) is 8.96. The molecule has 0 aliphatic rings. The Balaban J connectivity index is 2.50. The van der Waals surface area contributed by atoms with E-state index in [1.54, 1.807) is 13.0 Å². The summed E-state index contributed by atoms with van der Waals surface area (Å²) in [5.41, 5.74) is 5.86. The number of phenolic OH excluding ortho intramolecular Hbond substituents is 1. The van der Waals surface area contributed by atoms with E-state index in [-0.39, 0.29) is 34.1 Å². The summed E-state index contributed by atoms with van der Waals surface area (Å²) in [5, 5.41) is 11.6. The molecule has 2 rings (SSSR count). The molecule has 5 nitrogen and oxygen atoms in total. The van der Waals surface area contributed by atoms with E-state index in [4.69, 9.17) is 7.85 Å². The van der Waals surface area contributed by atoms with E-state index in [1.807, 2.05) is 59.7 Å². The number of hydrogen-bond acceptors (Lipinski definition) is 3. The van der Waals surface area contributed by atoms with Gasteiger partial charge in [0.25, 0.3) is 11.8 Å². The van der Waals surface area contributed by atoms with Gasteiger partial charge in [-0.15, -0.1) is 0 Å². The zero-order chi connectivity index (χ0) is 22.8. The Kier molecular flexibility index (Phi) is 7.01. The third-order valence-electron chi connectivity index (χ3n) is 5.31. The molecule has 0 unspecified atom stereocenters. The van der Waals surface area contributed by atoms with Crippen LogP contribution in [0.5, 0.6) is 5.75 Å². The van der Waals surface area contributed by atoms with Gasteiger partial charge in [-0.3, -0.25) is 15.0 Å². The lowest BCUT2D eigenvalue weighted by atomic mass is 9.84. The van der Waals surface area contributed by atoms with E-state index in [0.29, 0.717) is 17.5 Å². The van der Waals surface area contributed by atoms with Crippen LogP contribution in [0.2, 0.25) is 0 Å². The fourth-order valence-corrected chi connectivity index (χ4v) is 3.83. The number of aromatic hydroxyl groups is 1. The second-order valence-corrected chi connectivity index (χ2v) is 8.96. The summed E-state index contributed by atoms with van der Waals surface area (Å²) in [7, 11) is 5.72. The minimum atomic E-state index is -0.469. The van der Waals surface area contributed by atoms with Crippen LogP contribution in [0.1, 0.15) is 71.5 Å². The van der Waals surface area contributed by atoms with Crippen molar-refractivity contribution in [1.29, 1.82) is 0 Å². The Morgan fingerprint density at radius 1 is 1.10 bits per heavy atom. The van der Waals surface area contributed by atoms with Crippen molar-refractivity contribution < 1.29 is 14.7 Å². The molecule has 0 fully saturated rings. The van der Waals surface area contributed by atoms with Gasteiger partial charge in [0, 0.05) is 16.7 Å². The van der Waals surface area contributed by atoms with Gasteiger partial charge in [-0.25, -0.2) is 5.01 Å². The molecule has 0 spiro atoms. The SMILES string of the molecule is [B]c1ccc(C(=O)NN(C(=O)c2cc(C)cc(C)c2)[C@H](CC)C(C)(C)C)c(C)c1O. The number of rotatable bonds is 4. The molecule has 30 heavy (non-hydrogen) atoms. The average molecular weight is 406 g/mol. The third-order valence-corrected chi connectivity index (χ3v) is 5.31. The predicted octanol–water partition coefficient (Wildman–Crippen LogP) is 3.72. The first-order valence-electron chi connectivity index (χ1n) is 10.2. The largest absolute Gasteiger partial charge is 0.508 e. The predicted molar refractivity (Wildman–Crippen MR) is 121 cm³/mol. The minimum Gasteiger partial charge on any atom is -0.508 e. The molecule has 0 aliphatic heterocycles. The number of aryl methyl sites for hydroxylation is 2. The number of carbonyl (C=O) groups excluding carboxylic acids is 2. The van der Waals surface area contributed by atoms with Crippen molar-refractivity contribution in [2.75, 3.05) is 0 Å². The lowest BCUT2D eigenvalue weighted by Gasteiger charge is -2.39. The zero-order valence-electron chi connectivity index (χ0n) is 19.0. The number of phenols is 1. The molecule has 0 saturated heterocycles. The van der Waals surface area contributed by atoms with Crippen molar-refractivity contribution in [1.82, 2.24) is 10.4 Å². The molecule has 2 N–H and O–H groups in total. The summed E-state index contributed by atoms with van der Waals surface area (Å²) < 4.78 is 0. The van der Waals surface area contributed by atoms with E-state index in [0.717, 1.165) is 11.1 Å². The van der Waals surface area contributed by atoms with Crippen LogP contribution in [0, 0.1) is 26.2 Å². The number of nitrogens with one attached hydrogen (secondary N) is 1. The van der Waals surface area contributed by atoms with Gasteiger partial charge in [0.15, 0.2) is 0 Å². The lowest BCUT2D eigenvalue weighted by Crippen LogP contribution is -2.56. The number of hydrazine groups is 1. The molecule has 6 heteroatoms.